The molecule has 0 aliphatic rings. The SMILES string of the molecule is COc1ccc(OCc2[nH]c3ccccc3[n+]2CCC(C)C)cc1. The number of benzene rings is 2. The molecule has 3 rings (SSSR count). The van der Waals surface area contributed by atoms with Crippen molar-refractivity contribution in [1.29, 1.82) is 0 Å². The summed E-state index contributed by atoms with van der Waals surface area (Å²) >= 11 is 0. The third kappa shape index (κ3) is 3.70. The molecule has 0 aliphatic heterocycles. The summed E-state index contributed by atoms with van der Waals surface area (Å²) in [5.74, 6) is 3.43. The second kappa shape index (κ2) is 7.39. The van der Waals surface area contributed by atoms with Crippen LogP contribution in [-0.2, 0) is 13.2 Å². The number of H-pyrrole nitrogens is 1. The lowest BCUT2D eigenvalue weighted by Crippen LogP contribution is -2.38. The maximum Gasteiger partial charge on any atom is 0.293 e. The maximum absolute atomic E-state index is 5.96. The average molecular weight is 325 g/mol. The predicted molar refractivity (Wildman–Crippen MR) is 95.3 cm³/mol. The number of aryl methyl sites for hydroxylation is 1. The first-order chi connectivity index (χ1) is 11.7. The van der Waals surface area contributed by atoms with Crippen molar-refractivity contribution in [2.45, 2.75) is 33.4 Å². The molecule has 4 nitrogen and oxygen atoms in total. The summed E-state index contributed by atoms with van der Waals surface area (Å²) in [5.41, 5.74) is 2.38. The van der Waals surface area contributed by atoms with Crippen LogP contribution in [0.25, 0.3) is 11.0 Å². The number of imidazole rings is 1. The Morgan fingerprint density at radius 1 is 1.00 bits per heavy atom. The van der Waals surface area contributed by atoms with E-state index in [-0.39, 0.29) is 0 Å². The molecule has 1 heterocycles. The number of nitrogens with zero attached hydrogens (tertiary/aromatic N) is 1. The molecule has 0 fully saturated rings. The van der Waals surface area contributed by atoms with E-state index in [1.54, 1.807) is 7.11 Å². The maximum atomic E-state index is 5.96. The average Bonchev–Trinajstić information content (AvgIpc) is 2.96. The molecule has 1 N–H and O–H groups in total. The largest absolute Gasteiger partial charge is 0.497 e. The zero-order chi connectivity index (χ0) is 16.9. The van der Waals surface area contributed by atoms with Gasteiger partial charge in [0.05, 0.1) is 13.7 Å². The first-order valence-corrected chi connectivity index (χ1v) is 8.43. The van der Waals surface area contributed by atoms with Crippen LogP contribution < -0.4 is 14.0 Å². The molecule has 0 saturated heterocycles. The highest BCUT2D eigenvalue weighted by Gasteiger charge is 2.18. The lowest BCUT2D eigenvalue weighted by molar-refractivity contribution is -0.681. The van der Waals surface area contributed by atoms with Crippen molar-refractivity contribution in [1.82, 2.24) is 4.98 Å². The molecule has 0 amide bonds. The van der Waals surface area contributed by atoms with Crippen molar-refractivity contribution in [3.63, 3.8) is 0 Å². The van der Waals surface area contributed by atoms with Crippen LogP contribution in [0.1, 0.15) is 26.1 Å². The van der Waals surface area contributed by atoms with Crippen LogP contribution in [0.4, 0.5) is 0 Å². The summed E-state index contributed by atoms with van der Waals surface area (Å²) in [4.78, 5) is 3.49. The van der Waals surface area contributed by atoms with E-state index in [9.17, 15) is 0 Å². The molecule has 126 valence electrons. The first-order valence-electron chi connectivity index (χ1n) is 8.43. The van der Waals surface area contributed by atoms with Crippen molar-refractivity contribution in [2.75, 3.05) is 7.11 Å². The van der Waals surface area contributed by atoms with Gasteiger partial charge in [-0.1, -0.05) is 26.0 Å². The topological polar surface area (TPSA) is 38.1 Å². The van der Waals surface area contributed by atoms with Crippen LogP contribution in [0.3, 0.4) is 0 Å². The number of aromatic amines is 1. The number of hydrogen-bond donors (Lipinski definition) is 1. The molecule has 2 aromatic carbocycles. The molecule has 0 aliphatic carbocycles. The van der Waals surface area contributed by atoms with Crippen molar-refractivity contribution in [3.05, 3.63) is 54.4 Å². The Labute approximate surface area is 143 Å². The van der Waals surface area contributed by atoms with Crippen LogP contribution in [0.5, 0.6) is 11.5 Å². The quantitative estimate of drug-likeness (QED) is 0.665. The van der Waals surface area contributed by atoms with E-state index in [0.717, 1.165) is 35.8 Å². The van der Waals surface area contributed by atoms with Gasteiger partial charge in [0.15, 0.2) is 17.6 Å². The number of fused-ring (bicyclic) bond motifs is 1. The van der Waals surface area contributed by atoms with E-state index in [1.165, 1.54) is 5.52 Å². The Balaban J connectivity index is 1.80. The minimum Gasteiger partial charge on any atom is -0.497 e. The van der Waals surface area contributed by atoms with E-state index in [0.29, 0.717) is 12.5 Å². The Morgan fingerprint density at radius 3 is 2.42 bits per heavy atom. The van der Waals surface area contributed by atoms with E-state index < -0.39 is 0 Å². The summed E-state index contributed by atoms with van der Waals surface area (Å²) in [6.07, 6.45) is 1.14. The van der Waals surface area contributed by atoms with Crippen LogP contribution in [0.15, 0.2) is 48.5 Å². The highest BCUT2D eigenvalue weighted by molar-refractivity contribution is 5.70. The second-order valence-electron chi connectivity index (χ2n) is 6.39. The third-order valence-electron chi connectivity index (χ3n) is 4.16. The van der Waals surface area contributed by atoms with Crippen molar-refractivity contribution in [2.24, 2.45) is 5.92 Å². The van der Waals surface area contributed by atoms with E-state index in [2.05, 4.69) is 47.7 Å². The zero-order valence-corrected chi connectivity index (χ0v) is 14.6. The fraction of sp³-hybridized carbons (Fsp3) is 0.350. The van der Waals surface area contributed by atoms with Gasteiger partial charge in [0.1, 0.15) is 11.5 Å². The number of methoxy groups -OCH3 is 1. The molecule has 0 saturated carbocycles. The molecular formula is C20H25N2O2+. The number of aromatic nitrogens is 2. The van der Waals surface area contributed by atoms with Crippen LogP contribution in [0.2, 0.25) is 0 Å². The van der Waals surface area contributed by atoms with Crippen LogP contribution in [0, 0.1) is 5.92 Å². The summed E-state index contributed by atoms with van der Waals surface area (Å²) in [6, 6.07) is 16.1. The molecule has 0 unspecified atom stereocenters. The van der Waals surface area contributed by atoms with E-state index in [4.69, 9.17) is 9.47 Å². The zero-order valence-electron chi connectivity index (χ0n) is 14.6. The van der Waals surface area contributed by atoms with Gasteiger partial charge < -0.3 is 9.47 Å². The Hall–Kier alpha value is -2.49. The molecule has 0 bridgehead atoms. The van der Waals surface area contributed by atoms with Gasteiger partial charge in [-0.15, -0.1) is 0 Å². The van der Waals surface area contributed by atoms with Crippen LogP contribution in [-0.4, -0.2) is 12.1 Å². The number of hydrogen-bond acceptors (Lipinski definition) is 2. The summed E-state index contributed by atoms with van der Waals surface area (Å²) in [5, 5.41) is 0. The molecule has 4 heteroatoms. The highest BCUT2D eigenvalue weighted by Crippen LogP contribution is 2.18. The number of ether oxygens (including phenoxy) is 2. The fourth-order valence-electron chi connectivity index (χ4n) is 2.76. The van der Waals surface area contributed by atoms with Crippen molar-refractivity contribution in [3.8, 4) is 11.5 Å². The van der Waals surface area contributed by atoms with Gasteiger partial charge in [-0.05, 0) is 48.7 Å². The predicted octanol–water partition coefficient (Wildman–Crippen LogP) is 4.09. The summed E-state index contributed by atoms with van der Waals surface area (Å²) in [7, 11) is 1.66. The molecule has 0 radical (unpaired) electrons. The Bertz CT molecular complexity index is 791. The molecule has 24 heavy (non-hydrogen) atoms. The van der Waals surface area contributed by atoms with Gasteiger partial charge in [-0.25, -0.2) is 9.55 Å². The smallest absolute Gasteiger partial charge is 0.293 e. The highest BCUT2D eigenvalue weighted by atomic mass is 16.5. The van der Waals surface area contributed by atoms with Gasteiger partial charge in [0.25, 0.3) is 5.82 Å². The van der Waals surface area contributed by atoms with Gasteiger partial charge in [0.2, 0.25) is 0 Å². The normalized spacial score (nSPS) is 11.2. The molecule has 0 spiro atoms. The molecular weight excluding hydrogens is 300 g/mol. The Kier molecular flexibility index (Phi) is 5.04. The van der Waals surface area contributed by atoms with Crippen molar-refractivity contribution >= 4 is 11.0 Å². The van der Waals surface area contributed by atoms with Crippen LogP contribution >= 0.6 is 0 Å². The standard InChI is InChI=1S/C20H24N2O2/c1-15(2)12-13-22-19-7-5-4-6-18(19)21-20(22)14-24-17-10-8-16(23-3)9-11-17/h4-11,15H,12-14H2,1-3H3/p+1. The van der Waals surface area contributed by atoms with E-state index in [1.807, 2.05) is 24.3 Å². The van der Waals surface area contributed by atoms with Gasteiger partial charge in [-0.2, -0.15) is 0 Å². The fourth-order valence-corrected chi connectivity index (χ4v) is 2.76. The monoisotopic (exact) mass is 325 g/mol. The van der Waals surface area contributed by atoms with Crippen molar-refractivity contribution < 1.29 is 14.0 Å². The third-order valence-corrected chi connectivity index (χ3v) is 4.16. The lowest BCUT2D eigenvalue weighted by atomic mass is 10.1. The van der Waals surface area contributed by atoms with E-state index >= 15 is 0 Å². The number of para-hydroxylation sites is 2. The Morgan fingerprint density at radius 2 is 1.71 bits per heavy atom. The lowest BCUT2D eigenvalue weighted by Gasteiger charge is -2.07. The number of nitrogens with one attached hydrogen (secondary N) is 1. The van der Waals surface area contributed by atoms with Gasteiger partial charge in [-0.3, -0.25) is 0 Å². The minimum absolute atomic E-state index is 0.513. The van der Waals surface area contributed by atoms with Gasteiger partial charge >= 0.3 is 0 Å². The summed E-state index contributed by atoms with van der Waals surface area (Å²) in [6.45, 7) is 6.01. The molecule has 0 atom stereocenters. The number of rotatable bonds is 7. The summed E-state index contributed by atoms with van der Waals surface area (Å²) < 4.78 is 13.5. The minimum atomic E-state index is 0.513. The molecule has 3 aromatic rings. The van der Waals surface area contributed by atoms with Gasteiger partial charge in [0, 0.05) is 0 Å². The second-order valence-corrected chi connectivity index (χ2v) is 6.39. The first kappa shape index (κ1) is 16.4. The molecule has 1 aromatic heterocycles.